The van der Waals surface area contributed by atoms with Crippen LogP contribution in [-0.4, -0.2) is 90.9 Å². The molecule has 248 valence electrons. The Morgan fingerprint density at radius 2 is 1.72 bits per heavy atom. The smallest absolute Gasteiger partial charge is 0.239 e. The van der Waals surface area contributed by atoms with Crippen LogP contribution in [0.5, 0.6) is 0 Å². The second-order valence-electron chi connectivity index (χ2n) is 11.8. The zero-order chi connectivity index (χ0) is 32.5. The third kappa shape index (κ3) is 7.37. The van der Waals surface area contributed by atoms with Crippen molar-refractivity contribution < 1.29 is 13.2 Å². The van der Waals surface area contributed by atoms with Crippen LogP contribution >= 0.6 is 34.5 Å². The first-order valence-electron chi connectivity index (χ1n) is 15.5. The van der Waals surface area contributed by atoms with Gasteiger partial charge in [-0.25, -0.2) is 18.8 Å². The fraction of sp³-hybridized carbons (Fsp3) is 0.375. The van der Waals surface area contributed by atoms with E-state index in [1.165, 1.54) is 11.1 Å². The van der Waals surface area contributed by atoms with Crippen molar-refractivity contribution >= 4 is 77.4 Å². The number of rotatable bonds is 10. The number of sulfonamides is 1. The van der Waals surface area contributed by atoms with Gasteiger partial charge in [0.25, 0.3) is 0 Å². The number of anilines is 2. The number of ether oxygens (including phenoxy) is 1. The number of aromatic nitrogens is 3. The Hall–Kier alpha value is -3.01. The number of hydrazine groups is 1. The van der Waals surface area contributed by atoms with Crippen LogP contribution in [-0.2, 0) is 34.4 Å². The summed E-state index contributed by atoms with van der Waals surface area (Å²) in [4.78, 5) is 15.6. The quantitative estimate of drug-likeness (QED) is 0.193. The normalized spacial score (nSPS) is 16.8. The van der Waals surface area contributed by atoms with E-state index in [2.05, 4.69) is 49.6 Å². The highest BCUT2D eigenvalue weighted by molar-refractivity contribution is 7.88. The Labute approximate surface area is 288 Å². The molecule has 0 spiro atoms. The molecule has 47 heavy (non-hydrogen) atoms. The van der Waals surface area contributed by atoms with Crippen LogP contribution in [0.15, 0.2) is 54.7 Å². The van der Waals surface area contributed by atoms with E-state index in [1.54, 1.807) is 21.7 Å². The molecular weight excluding hydrogens is 679 g/mol. The van der Waals surface area contributed by atoms with Gasteiger partial charge in [0.15, 0.2) is 5.82 Å². The number of benzene rings is 2. The van der Waals surface area contributed by atoms with Crippen molar-refractivity contribution in [3.8, 4) is 0 Å². The van der Waals surface area contributed by atoms with E-state index < -0.39 is 10.0 Å². The predicted octanol–water partition coefficient (Wildman–Crippen LogP) is 5.03. The van der Waals surface area contributed by atoms with Crippen LogP contribution < -0.4 is 15.8 Å². The van der Waals surface area contributed by atoms with Crippen LogP contribution in [0.3, 0.4) is 0 Å². The molecule has 2 aliphatic rings. The number of nitrogens with zero attached hydrogens (tertiary/aromatic N) is 6. The zero-order valence-corrected chi connectivity index (χ0v) is 29.1. The molecule has 2 N–H and O–H groups in total. The summed E-state index contributed by atoms with van der Waals surface area (Å²) in [6, 6.07) is 16.1. The van der Waals surface area contributed by atoms with Crippen LogP contribution in [0.4, 0.5) is 11.8 Å². The molecule has 5 heterocycles. The molecular formula is C32H36Cl2N8O3S2. The van der Waals surface area contributed by atoms with E-state index >= 15 is 0 Å². The third-order valence-corrected chi connectivity index (χ3v) is 11.6. The lowest BCUT2D eigenvalue weighted by Crippen LogP contribution is -2.47. The molecule has 0 atom stereocenters. The van der Waals surface area contributed by atoms with Crippen molar-refractivity contribution in [2.45, 2.75) is 19.6 Å². The Morgan fingerprint density at radius 3 is 2.49 bits per heavy atom. The molecule has 2 aromatic carbocycles. The number of nitrogens with one attached hydrogen (secondary N) is 2. The molecule has 2 saturated heterocycles. The first-order chi connectivity index (χ1) is 22.7. The summed E-state index contributed by atoms with van der Waals surface area (Å²) in [6.07, 6.45) is 3.42. The van der Waals surface area contributed by atoms with Gasteiger partial charge < -0.3 is 14.2 Å². The number of fused-ring (bicyclic) bond motifs is 2. The molecule has 0 amide bonds. The summed E-state index contributed by atoms with van der Waals surface area (Å²) in [5, 5.41) is 2.41. The first kappa shape index (κ1) is 32.5. The van der Waals surface area contributed by atoms with Crippen molar-refractivity contribution in [2.75, 3.05) is 69.1 Å². The van der Waals surface area contributed by atoms with Crippen molar-refractivity contribution in [2.24, 2.45) is 0 Å². The van der Waals surface area contributed by atoms with E-state index in [0.717, 1.165) is 57.7 Å². The monoisotopic (exact) mass is 714 g/mol. The maximum atomic E-state index is 12.0. The molecule has 5 aromatic rings. The number of thiophene rings is 1. The summed E-state index contributed by atoms with van der Waals surface area (Å²) in [7, 11) is -3.16. The summed E-state index contributed by atoms with van der Waals surface area (Å²) in [5.74, 6) is 1.40. The summed E-state index contributed by atoms with van der Waals surface area (Å²) >= 11 is 14.3. The van der Waals surface area contributed by atoms with Gasteiger partial charge in [0.2, 0.25) is 16.0 Å². The minimum absolute atomic E-state index is 0.502. The van der Waals surface area contributed by atoms with E-state index in [9.17, 15) is 8.42 Å². The predicted molar refractivity (Wildman–Crippen MR) is 190 cm³/mol. The molecule has 15 heteroatoms. The fourth-order valence-corrected chi connectivity index (χ4v) is 8.62. The number of para-hydroxylation sites is 1. The van der Waals surface area contributed by atoms with Crippen LogP contribution in [0.1, 0.15) is 16.0 Å². The molecule has 0 radical (unpaired) electrons. The van der Waals surface area contributed by atoms with E-state index in [1.807, 2.05) is 24.3 Å². The lowest BCUT2D eigenvalue weighted by molar-refractivity contribution is 0.122. The van der Waals surface area contributed by atoms with E-state index in [0.29, 0.717) is 68.5 Å². The van der Waals surface area contributed by atoms with Crippen molar-refractivity contribution in [3.05, 3.63) is 80.8 Å². The Kier molecular flexibility index (Phi) is 9.58. The maximum absolute atomic E-state index is 12.0. The molecule has 7 rings (SSSR count). The van der Waals surface area contributed by atoms with Crippen LogP contribution in [0.25, 0.3) is 21.1 Å². The van der Waals surface area contributed by atoms with Gasteiger partial charge in [0, 0.05) is 90.9 Å². The second kappa shape index (κ2) is 13.8. The zero-order valence-electron chi connectivity index (χ0n) is 26.0. The van der Waals surface area contributed by atoms with Gasteiger partial charge in [-0.15, -0.1) is 11.3 Å². The Morgan fingerprint density at radius 1 is 0.936 bits per heavy atom. The van der Waals surface area contributed by atoms with E-state index in [4.69, 9.17) is 37.9 Å². The number of morpholine rings is 1. The molecule has 11 nitrogen and oxygen atoms in total. The van der Waals surface area contributed by atoms with Gasteiger partial charge in [0.1, 0.15) is 0 Å². The molecule has 2 aliphatic heterocycles. The van der Waals surface area contributed by atoms with Crippen molar-refractivity contribution in [3.63, 3.8) is 0 Å². The summed E-state index contributed by atoms with van der Waals surface area (Å²) in [5.41, 5.74) is 10.8. The molecule has 0 aliphatic carbocycles. The van der Waals surface area contributed by atoms with Gasteiger partial charge in [-0.3, -0.25) is 10.3 Å². The number of hydrogen-bond donors (Lipinski definition) is 2. The summed E-state index contributed by atoms with van der Waals surface area (Å²) < 4.78 is 34.3. The van der Waals surface area contributed by atoms with Gasteiger partial charge in [-0.2, -0.15) is 9.29 Å². The molecule has 0 saturated carbocycles. The summed E-state index contributed by atoms with van der Waals surface area (Å²) in [6.45, 7) is 7.16. The molecule has 3 aromatic heterocycles. The largest absolute Gasteiger partial charge is 0.378 e. The van der Waals surface area contributed by atoms with Crippen molar-refractivity contribution in [1.29, 1.82) is 0 Å². The Balaban J connectivity index is 1.09. The van der Waals surface area contributed by atoms with Crippen LogP contribution in [0.2, 0.25) is 10.0 Å². The second-order valence-corrected chi connectivity index (χ2v) is 15.8. The minimum atomic E-state index is -3.16. The topological polar surface area (TPSA) is 108 Å². The highest BCUT2D eigenvalue weighted by Gasteiger charge is 2.25. The fourth-order valence-electron chi connectivity index (χ4n) is 6.17. The number of piperazine rings is 1. The lowest BCUT2D eigenvalue weighted by atomic mass is 10.2. The van der Waals surface area contributed by atoms with Gasteiger partial charge >= 0.3 is 0 Å². The van der Waals surface area contributed by atoms with Gasteiger partial charge in [0.05, 0.1) is 29.7 Å². The average Bonchev–Trinajstić information content (AvgIpc) is 3.63. The maximum Gasteiger partial charge on any atom is 0.239 e. The number of hydrogen-bond acceptors (Lipinski definition) is 10. The SMILES string of the molecule is CS(=O)(=O)N1CCN(Cc2cc3nc(NNCc4cn(Cc5ccc(Cl)cc5Cl)c5ccccc45)nc(N4CCOCC4)c3s2)CC1. The molecule has 0 unspecified atom stereocenters. The third-order valence-electron chi connectivity index (χ3n) is 8.60. The number of halogens is 2. The average molecular weight is 716 g/mol. The lowest BCUT2D eigenvalue weighted by Gasteiger charge is -2.32. The van der Waals surface area contributed by atoms with E-state index in [-0.39, 0.29) is 0 Å². The Bertz CT molecular complexity index is 2000. The standard InChI is InChI=1S/C32H36Cl2N8O3S2/c1-47(43,44)42-10-8-39(9-11-42)21-25-17-28-30(46-25)31(40-12-14-45-15-13-40)37-32(36-28)38-35-18-23-20-41(29-5-3-2-4-26(23)29)19-22-6-7-24(33)16-27(22)34/h2-7,16-17,20,35H,8-15,18-19,21H2,1H3,(H,36,37,38). The minimum Gasteiger partial charge on any atom is -0.378 e. The van der Waals surface area contributed by atoms with Gasteiger partial charge in [-0.1, -0.05) is 47.5 Å². The first-order valence-corrected chi connectivity index (χ1v) is 18.9. The van der Waals surface area contributed by atoms with Crippen molar-refractivity contribution in [1.82, 2.24) is 29.2 Å². The van der Waals surface area contributed by atoms with Gasteiger partial charge in [-0.05, 0) is 35.4 Å². The highest BCUT2D eigenvalue weighted by Crippen LogP contribution is 2.34. The molecule has 2 fully saturated rings. The van der Waals surface area contributed by atoms with Crippen LogP contribution in [0, 0.1) is 0 Å². The highest BCUT2D eigenvalue weighted by atomic mass is 35.5. The molecule has 0 bridgehead atoms.